The molecule has 2 aromatic rings. The van der Waals surface area contributed by atoms with Gasteiger partial charge in [0.1, 0.15) is 0 Å². The van der Waals surface area contributed by atoms with Crippen LogP contribution in [0.5, 0.6) is 5.75 Å². The Bertz CT molecular complexity index is 716. The van der Waals surface area contributed by atoms with Gasteiger partial charge in [0.25, 0.3) is 5.91 Å². The molecule has 132 valence electrons. The molecule has 0 radical (unpaired) electrons. The Morgan fingerprint density at radius 3 is 2.48 bits per heavy atom. The molecule has 0 unspecified atom stereocenters. The molecule has 0 fully saturated rings. The molecule has 0 aliphatic rings. The van der Waals surface area contributed by atoms with Crippen LogP contribution in [0, 0.1) is 10.1 Å². The number of hydrogen-bond donors (Lipinski definition) is 1. The molecule has 25 heavy (non-hydrogen) atoms. The number of carbonyl (C=O) groups excluding carboxylic acids is 1. The number of para-hydroxylation sites is 2. The first kappa shape index (κ1) is 18.4. The van der Waals surface area contributed by atoms with Crippen LogP contribution in [0.15, 0.2) is 48.5 Å². The zero-order valence-electron chi connectivity index (χ0n) is 13.9. The highest BCUT2D eigenvalue weighted by molar-refractivity contribution is 5.77. The predicted molar refractivity (Wildman–Crippen MR) is 92.2 cm³/mol. The number of benzene rings is 2. The fourth-order valence-corrected chi connectivity index (χ4v) is 2.10. The summed E-state index contributed by atoms with van der Waals surface area (Å²) >= 11 is 0. The second-order valence-corrected chi connectivity index (χ2v) is 5.24. The third-order valence-electron chi connectivity index (χ3n) is 3.41. The van der Waals surface area contributed by atoms with Gasteiger partial charge in [-0.05, 0) is 24.1 Å². The summed E-state index contributed by atoms with van der Waals surface area (Å²) in [6, 6.07) is 13.7. The van der Waals surface area contributed by atoms with Crippen LogP contribution in [0.2, 0.25) is 0 Å². The fourth-order valence-electron chi connectivity index (χ4n) is 2.10. The van der Waals surface area contributed by atoms with Crippen molar-refractivity contribution in [3.8, 4) is 5.75 Å². The second-order valence-electron chi connectivity index (χ2n) is 5.24. The van der Waals surface area contributed by atoms with Crippen LogP contribution in [0.1, 0.15) is 18.1 Å². The molecular weight excluding hydrogens is 324 g/mol. The van der Waals surface area contributed by atoms with E-state index in [1.54, 1.807) is 12.1 Å². The average Bonchev–Trinajstić information content (AvgIpc) is 2.64. The highest BCUT2D eigenvalue weighted by atomic mass is 16.6. The maximum atomic E-state index is 11.9. The molecule has 0 bridgehead atoms. The molecular formula is C18H20N2O5. The maximum Gasteiger partial charge on any atom is 0.310 e. The zero-order valence-corrected chi connectivity index (χ0v) is 13.9. The number of carbonyl (C=O) groups is 1. The van der Waals surface area contributed by atoms with Crippen LogP contribution in [0.3, 0.4) is 0 Å². The van der Waals surface area contributed by atoms with E-state index in [9.17, 15) is 14.9 Å². The van der Waals surface area contributed by atoms with Gasteiger partial charge in [-0.25, -0.2) is 0 Å². The first-order valence-electron chi connectivity index (χ1n) is 7.88. The van der Waals surface area contributed by atoms with E-state index < -0.39 is 4.92 Å². The van der Waals surface area contributed by atoms with Gasteiger partial charge < -0.3 is 14.8 Å². The highest BCUT2D eigenvalue weighted by Gasteiger charge is 2.14. The van der Waals surface area contributed by atoms with Crippen LogP contribution in [-0.4, -0.2) is 24.0 Å². The van der Waals surface area contributed by atoms with Crippen molar-refractivity contribution in [1.82, 2.24) is 5.32 Å². The number of nitro benzene ring substituents is 1. The van der Waals surface area contributed by atoms with Gasteiger partial charge in [0.05, 0.1) is 11.5 Å². The lowest BCUT2D eigenvalue weighted by molar-refractivity contribution is -0.385. The molecule has 0 aromatic heterocycles. The largest absolute Gasteiger partial charge is 0.477 e. The predicted octanol–water partition coefficient (Wildman–Crippen LogP) is 2.83. The Hall–Kier alpha value is -2.93. The van der Waals surface area contributed by atoms with Crippen molar-refractivity contribution in [2.75, 3.05) is 13.2 Å². The summed E-state index contributed by atoms with van der Waals surface area (Å²) in [5.41, 5.74) is 1.84. The van der Waals surface area contributed by atoms with E-state index in [0.717, 1.165) is 11.1 Å². The van der Waals surface area contributed by atoms with Crippen LogP contribution in [0.4, 0.5) is 5.69 Å². The smallest absolute Gasteiger partial charge is 0.310 e. The number of amides is 1. The number of nitrogens with zero attached hydrogens (tertiary/aromatic N) is 1. The average molecular weight is 344 g/mol. The van der Waals surface area contributed by atoms with E-state index in [4.69, 9.17) is 9.47 Å². The summed E-state index contributed by atoms with van der Waals surface area (Å²) < 4.78 is 10.6. The molecule has 0 atom stereocenters. The van der Waals surface area contributed by atoms with Crippen molar-refractivity contribution in [3.63, 3.8) is 0 Å². The molecule has 1 amide bonds. The topological polar surface area (TPSA) is 90.7 Å². The van der Waals surface area contributed by atoms with Crippen LogP contribution in [-0.2, 0) is 22.7 Å². The summed E-state index contributed by atoms with van der Waals surface area (Å²) in [6.45, 7) is 3.24. The molecule has 0 heterocycles. The van der Waals surface area contributed by atoms with E-state index >= 15 is 0 Å². The van der Waals surface area contributed by atoms with E-state index in [2.05, 4.69) is 5.32 Å². The number of hydrogen-bond acceptors (Lipinski definition) is 5. The normalized spacial score (nSPS) is 10.3. The molecule has 1 N–H and O–H groups in total. The highest BCUT2D eigenvalue weighted by Crippen LogP contribution is 2.25. The third kappa shape index (κ3) is 5.89. The number of nitrogens with one attached hydrogen (secondary N) is 1. The third-order valence-corrected chi connectivity index (χ3v) is 3.41. The van der Waals surface area contributed by atoms with E-state index in [0.29, 0.717) is 19.8 Å². The van der Waals surface area contributed by atoms with Crippen LogP contribution in [0.25, 0.3) is 0 Å². The first-order chi connectivity index (χ1) is 12.1. The summed E-state index contributed by atoms with van der Waals surface area (Å²) in [7, 11) is 0. The molecule has 0 saturated carbocycles. The molecule has 7 nitrogen and oxygen atoms in total. The lowest BCUT2D eigenvalue weighted by Gasteiger charge is -2.08. The number of ether oxygens (including phenoxy) is 2. The molecule has 0 aliphatic heterocycles. The van der Waals surface area contributed by atoms with E-state index in [1.165, 1.54) is 12.1 Å². The lowest BCUT2D eigenvalue weighted by atomic mass is 10.1. The van der Waals surface area contributed by atoms with Gasteiger partial charge in [-0.1, -0.05) is 36.4 Å². The van der Waals surface area contributed by atoms with Crippen molar-refractivity contribution in [2.45, 2.75) is 20.1 Å². The minimum Gasteiger partial charge on any atom is -0.477 e. The molecule has 0 aliphatic carbocycles. The van der Waals surface area contributed by atoms with Gasteiger partial charge >= 0.3 is 5.69 Å². The van der Waals surface area contributed by atoms with Gasteiger partial charge in [0.2, 0.25) is 0 Å². The molecule has 0 saturated heterocycles. The molecule has 2 rings (SSSR count). The van der Waals surface area contributed by atoms with Gasteiger partial charge in [0.15, 0.2) is 12.4 Å². The minimum absolute atomic E-state index is 0.0722. The molecule has 2 aromatic carbocycles. The summed E-state index contributed by atoms with van der Waals surface area (Å²) in [6.07, 6.45) is 0. The Balaban J connectivity index is 1.80. The van der Waals surface area contributed by atoms with E-state index in [-0.39, 0.29) is 24.0 Å². The summed E-state index contributed by atoms with van der Waals surface area (Å²) in [4.78, 5) is 22.2. The SMILES string of the molecule is CCOCc1ccc(CNC(=O)COc2ccccc2[N+](=O)[O-])cc1. The Morgan fingerprint density at radius 2 is 1.80 bits per heavy atom. The standard InChI is InChI=1S/C18H20N2O5/c1-2-24-12-15-9-7-14(8-10-15)11-19-18(21)13-25-17-6-4-3-5-16(17)20(22)23/h3-10H,2,11-13H2,1H3,(H,19,21). The molecule has 0 spiro atoms. The Morgan fingerprint density at radius 1 is 1.12 bits per heavy atom. The summed E-state index contributed by atoms with van der Waals surface area (Å²) in [5, 5.41) is 13.6. The van der Waals surface area contributed by atoms with Crippen molar-refractivity contribution < 1.29 is 19.2 Å². The van der Waals surface area contributed by atoms with Gasteiger partial charge in [-0.2, -0.15) is 0 Å². The monoisotopic (exact) mass is 344 g/mol. The Labute approximate surface area is 145 Å². The van der Waals surface area contributed by atoms with Gasteiger partial charge in [0, 0.05) is 19.2 Å². The molecule has 7 heteroatoms. The van der Waals surface area contributed by atoms with Gasteiger partial charge in [-0.3, -0.25) is 14.9 Å². The Kier molecular flexibility index (Phi) is 6.91. The zero-order chi connectivity index (χ0) is 18.1. The van der Waals surface area contributed by atoms with Crippen molar-refractivity contribution in [3.05, 3.63) is 69.8 Å². The van der Waals surface area contributed by atoms with Gasteiger partial charge in [-0.15, -0.1) is 0 Å². The van der Waals surface area contributed by atoms with E-state index in [1.807, 2.05) is 31.2 Å². The fraction of sp³-hybridized carbons (Fsp3) is 0.278. The lowest BCUT2D eigenvalue weighted by Crippen LogP contribution is -2.28. The van der Waals surface area contributed by atoms with Crippen molar-refractivity contribution in [2.24, 2.45) is 0 Å². The van der Waals surface area contributed by atoms with Crippen molar-refractivity contribution >= 4 is 11.6 Å². The first-order valence-corrected chi connectivity index (χ1v) is 7.88. The van der Waals surface area contributed by atoms with Crippen LogP contribution >= 0.6 is 0 Å². The number of nitro groups is 1. The summed E-state index contributed by atoms with van der Waals surface area (Å²) in [5.74, 6) is -0.278. The second kappa shape index (κ2) is 9.39. The maximum absolute atomic E-state index is 11.9. The number of rotatable bonds is 9. The minimum atomic E-state index is -0.545. The van der Waals surface area contributed by atoms with Crippen LogP contribution < -0.4 is 10.1 Å². The quantitative estimate of drug-likeness (QED) is 0.558. The van der Waals surface area contributed by atoms with Crippen molar-refractivity contribution in [1.29, 1.82) is 0 Å².